The normalized spacial score (nSPS) is 16.0. The number of pyridine rings is 2. The van der Waals surface area contributed by atoms with Crippen molar-refractivity contribution in [3.8, 4) is 0 Å². The zero-order valence-corrected chi connectivity index (χ0v) is 13.8. The molecule has 3 heterocycles. The molecule has 2 aromatic rings. The molecule has 5 nitrogen and oxygen atoms in total. The van der Waals surface area contributed by atoms with Crippen molar-refractivity contribution >= 4 is 5.91 Å². The first-order chi connectivity index (χ1) is 11.6. The smallest absolute Gasteiger partial charge is 0.258 e. The first-order valence-electron chi connectivity index (χ1n) is 8.18. The van der Waals surface area contributed by atoms with Gasteiger partial charge in [0, 0.05) is 44.6 Å². The van der Waals surface area contributed by atoms with E-state index in [9.17, 15) is 9.18 Å². The summed E-state index contributed by atoms with van der Waals surface area (Å²) in [5, 5.41) is 0. The molecule has 0 N–H and O–H groups in total. The summed E-state index contributed by atoms with van der Waals surface area (Å²) in [6, 6.07) is 9.09. The van der Waals surface area contributed by atoms with Gasteiger partial charge in [0.2, 0.25) is 5.95 Å². The van der Waals surface area contributed by atoms with Crippen LogP contribution in [-0.4, -0.2) is 51.9 Å². The summed E-state index contributed by atoms with van der Waals surface area (Å²) in [7, 11) is 0. The molecular formula is C18H21FN4O. The van der Waals surface area contributed by atoms with Crippen molar-refractivity contribution in [1.29, 1.82) is 0 Å². The van der Waals surface area contributed by atoms with Crippen LogP contribution in [0, 0.1) is 12.9 Å². The molecule has 0 unspecified atom stereocenters. The van der Waals surface area contributed by atoms with Gasteiger partial charge in [0.1, 0.15) is 0 Å². The van der Waals surface area contributed by atoms with E-state index in [0.29, 0.717) is 13.1 Å². The van der Waals surface area contributed by atoms with Crippen molar-refractivity contribution in [2.45, 2.75) is 19.9 Å². The van der Waals surface area contributed by atoms with Crippen LogP contribution in [0.3, 0.4) is 0 Å². The molecule has 0 radical (unpaired) electrons. The van der Waals surface area contributed by atoms with Gasteiger partial charge in [-0.25, -0.2) is 4.98 Å². The molecule has 0 aliphatic carbocycles. The number of nitrogens with zero attached hydrogens (tertiary/aromatic N) is 4. The number of aromatic nitrogens is 2. The Kier molecular flexibility index (Phi) is 5.15. The topological polar surface area (TPSA) is 49.3 Å². The van der Waals surface area contributed by atoms with Gasteiger partial charge in [-0.15, -0.1) is 0 Å². The predicted molar refractivity (Wildman–Crippen MR) is 89.0 cm³/mol. The fourth-order valence-corrected chi connectivity index (χ4v) is 2.96. The summed E-state index contributed by atoms with van der Waals surface area (Å²) in [5.74, 6) is -0.983. The Morgan fingerprint density at radius 2 is 2.04 bits per heavy atom. The first kappa shape index (κ1) is 16.5. The zero-order valence-electron chi connectivity index (χ0n) is 13.8. The number of halogens is 1. The van der Waals surface area contributed by atoms with E-state index < -0.39 is 5.95 Å². The quantitative estimate of drug-likeness (QED) is 0.811. The van der Waals surface area contributed by atoms with E-state index >= 15 is 0 Å². The summed E-state index contributed by atoms with van der Waals surface area (Å²) in [4.78, 5) is 24.6. The average Bonchev–Trinajstić information content (AvgIpc) is 2.80. The van der Waals surface area contributed by atoms with Crippen LogP contribution < -0.4 is 0 Å². The third kappa shape index (κ3) is 3.94. The number of hydrogen-bond donors (Lipinski definition) is 0. The van der Waals surface area contributed by atoms with Crippen molar-refractivity contribution in [1.82, 2.24) is 19.8 Å². The van der Waals surface area contributed by atoms with Gasteiger partial charge in [-0.1, -0.05) is 6.07 Å². The minimum absolute atomic E-state index is 0.0475. The molecule has 0 atom stereocenters. The maximum atomic E-state index is 13.7. The number of rotatable bonds is 3. The zero-order chi connectivity index (χ0) is 16.9. The lowest BCUT2D eigenvalue weighted by Crippen LogP contribution is -2.35. The van der Waals surface area contributed by atoms with E-state index in [1.165, 1.54) is 12.3 Å². The summed E-state index contributed by atoms with van der Waals surface area (Å²) in [5.41, 5.74) is 2.09. The largest absolute Gasteiger partial charge is 0.337 e. The molecule has 0 aromatic carbocycles. The molecule has 1 fully saturated rings. The second-order valence-electron chi connectivity index (χ2n) is 6.03. The highest BCUT2D eigenvalue weighted by atomic mass is 19.1. The van der Waals surface area contributed by atoms with Gasteiger partial charge in [0.05, 0.1) is 11.3 Å². The lowest BCUT2D eigenvalue weighted by atomic mass is 10.2. The Morgan fingerprint density at radius 1 is 1.17 bits per heavy atom. The summed E-state index contributed by atoms with van der Waals surface area (Å²) >= 11 is 0. The van der Waals surface area contributed by atoms with Gasteiger partial charge >= 0.3 is 0 Å². The number of hydrogen-bond acceptors (Lipinski definition) is 4. The van der Waals surface area contributed by atoms with E-state index in [0.717, 1.165) is 37.4 Å². The SMILES string of the molecule is Cc1cccc(CN2CCCN(C(=O)c3cccnc3F)CC2)n1. The maximum Gasteiger partial charge on any atom is 0.258 e. The van der Waals surface area contributed by atoms with Gasteiger partial charge in [-0.2, -0.15) is 4.39 Å². The van der Waals surface area contributed by atoms with Gasteiger partial charge < -0.3 is 4.90 Å². The molecule has 6 heteroatoms. The Morgan fingerprint density at radius 3 is 2.83 bits per heavy atom. The highest BCUT2D eigenvalue weighted by Crippen LogP contribution is 2.12. The van der Waals surface area contributed by atoms with E-state index in [-0.39, 0.29) is 11.5 Å². The van der Waals surface area contributed by atoms with Crippen LogP contribution in [0.5, 0.6) is 0 Å². The maximum absolute atomic E-state index is 13.7. The van der Waals surface area contributed by atoms with E-state index in [1.54, 1.807) is 11.0 Å². The first-order valence-corrected chi connectivity index (χ1v) is 8.18. The molecule has 24 heavy (non-hydrogen) atoms. The highest BCUT2D eigenvalue weighted by molar-refractivity contribution is 5.94. The molecule has 2 aromatic heterocycles. The standard InChI is InChI=1S/C18H21FN4O/c1-14-5-2-6-15(21-14)13-22-9-4-10-23(12-11-22)18(24)16-7-3-8-20-17(16)19/h2-3,5-8H,4,9-13H2,1H3. The summed E-state index contributed by atoms with van der Waals surface area (Å²) in [6.07, 6.45) is 2.21. The van der Waals surface area contributed by atoms with Gasteiger partial charge in [0.25, 0.3) is 5.91 Å². The van der Waals surface area contributed by atoms with Crippen LogP contribution in [0.15, 0.2) is 36.5 Å². The van der Waals surface area contributed by atoms with E-state index in [4.69, 9.17) is 0 Å². The second-order valence-corrected chi connectivity index (χ2v) is 6.03. The Hall–Kier alpha value is -2.34. The molecular weight excluding hydrogens is 307 g/mol. The summed E-state index contributed by atoms with van der Waals surface area (Å²) in [6.45, 7) is 5.61. The van der Waals surface area contributed by atoms with Crippen molar-refractivity contribution < 1.29 is 9.18 Å². The fourth-order valence-electron chi connectivity index (χ4n) is 2.96. The number of amides is 1. The van der Waals surface area contributed by atoms with Crippen LogP contribution in [0.25, 0.3) is 0 Å². The predicted octanol–water partition coefficient (Wildman–Crippen LogP) is 2.27. The van der Waals surface area contributed by atoms with Crippen molar-refractivity contribution in [3.05, 3.63) is 59.4 Å². The molecule has 1 aliphatic rings. The van der Waals surface area contributed by atoms with Crippen LogP contribution in [0.2, 0.25) is 0 Å². The minimum Gasteiger partial charge on any atom is -0.337 e. The van der Waals surface area contributed by atoms with Gasteiger partial charge in [-0.3, -0.25) is 14.7 Å². The van der Waals surface area contributed by atoms with E-state index in [2.05, 4.69) is 14.9 Å². The van der Waals surface area contributed by atoms with Crippen LogP contribution >= 0.6 is 0 Å². The van der Waals surface area contributed by atoms with Crippen molar-refractivity contribution in [2.75, 3.05) is 26.2 Å². The molecule has 3 rings (SSSR count). The lowest BCUT2D eigenvalue weighted by Gasteiger charge is -2.22. The van der Waals surface area contributed by atoms with Gasteiger partial charge in [-0.05, 0) is 37.6 Å². The second kappa shape index (κ2) is 7.49. The average molecular weight is 328 g/mol. The molecule has 126 valence electrons. The van der Waals surface area contributed by atoms with Crippen LogP contribution in [0.4, 0.5) is 4.39 Å². The molecule has 1 saturated heterocycles. The van der Waals surface area contributed by atoms with Crippen molar-refractivity contribution in [3.63, 3.8) is 0 Å². The fraction of sp³-hybridized carbons (Fsp3) is 0.389. The Balaban J connectivity index is 1.63. The molecule has 1 aliphatic heterocycles. The van der Waals surface area contributed by atoms with Crippen molar-refractivity contribution in [2.24, 2.45) is 0 Å². The summed E-state index contributed by atoms with van der Waals surface area (Å²) < 4.78 is 13.7. The number of carbonyl (C=O) groups is 1. The van der Waals surface area contributed by atoms with Gasteiger partial charge in [0.15, 0.2) is 0 Å². The lowest BCUT2D eigenvalue weighted by molar-refractivity contribution is 0.0755. The molecule has 0 saturated carbocycles. The molecule has 1 amide bonds. The van der Waals surface area contributed by atoms with Crippen LogP contribution in [-0.2, 0) is 6.54 Å². The van der Waals surface area contributed by atoms with E-state index in [1.807, 2.05) is 25.1 Å². The Bertz CT molecular complexity index is 722. The van der Waals surface area contributed by atoms with Crippen LogP contribution in [0.1, 0.15) is 28.2 Å². The molecule has 0 spiro atoms. The third-order valence-corrected chi connectivity index (χ3v) is 4.20. The Labute approximate surface area is 141 Å². The highest BCUT2D eigenvalue weighted by Gasteiger charge is 2.22. The third-order valence-electron chi connectivity index (χ3n) is 4.20. The number of carbonyl (C=O) groups excluding carboxylic acids is 1. The molecule has 0 bridgehead atoms. The number of aryl methyl sites for hydroxylation is 1. The monoisotopic (exact) mass is 328 g/mol. The minimum atomic E-state index is -0.701.